The second-order valence-electron chi connectivity index (χ2n) is 4.77. The summed E-state index contributed by atoms with van der Waals surface area (Å²) in [6, 6.07) is 8.97. The molecule has 0 amide bonds. The van der Waals surface area contributed by atoms with Crippen molar-refractivity contribution in [2.24, 2.45) is 0 Å². The third kappa shape index (κ3) is 4.02. The van der Waals surface area contributed by atoms with E-state index in [-0.39, 0.29) is 6.04 Å². The van der Waals surface area contributed by atoms with Crippen LogP contribution in [0.5, 0.6) is 0 Å². The van der Waals surface area contributed by atoms with E-state index < -0.39 is 0 Å². The summed E-state index contributed by atoms with van der Waals surface area (Å²) < 4.78 is 3.27. The van der Waals surface area contributed by atoms with Gasteiger partial charge in [-0.25, -0.2) is 4.98 Å². The summed E-state index contributed by atoms with van der Waals surface area (Å²) in [5.74, 6) is 1.05. The van der Waals surface area contributed by atoms with Gasteiger partial charge in [-0.05, 0) is 53.3 Å². The van der Waals surface area contributed by atoms with E-state index in [9.17, 15) is 0 Å². The Hall–Kier alpha value is -0.950. The molecule has 20 heavy (non-hydrogen) atoms. The molecule has 1 N–H and O–H groups in total. The van der Waals surface area contributed by atoms with E-state index in [1.807, 2.05) is 4.68 Å². The largest absolute Gasteiger partial charge is 0.310 e. The molecule has 0 aliphatic heterocycles. The molecule has 1 atom stereocenters. The van der Waals surface area contributed by atoms with Gasteiger partial charge in [0.15, 0.2) is 0 Å². The van der Waals surface area contributed by atoms with Gasteiger partial charge in [0.25, 0.3) is 0 Å². The predicted octanol–water partition coefficient (Wildman–Crippen LogP) is 3.19. The van der Waals surface area contributed by atoms with Crippen LogP contribution in [0.15, 0.2) is 30.6 Å². The van der Waals surface area contributed by atoms with Crippen molar-refractivity contribution in [1.82, 2.24) is 20.1 Å². The highest BCUT2D eigenvalue weighted by molar-refractivity contribution is 14.1. The zero-order valence-electron chi connectivity index (χ0n) is 12.0. The number of benzene rings is 1. The van der Waals surface area contributed by atoms with Crippen molar-refractivity contribution in [3.05, 3.63) is 45.6 Å². The SMILES string of the molecule is CCCn1ncnc1CC(NCC)c1ccc(I)cc1. The summed E-state index contributed by atoms with van der Waals surface area (Å²) in [5, 5.41) is 7.85. The number of nitrogens with one attached hydrogen (secondary N) is 1. The molecule has 0 aliphatic carbocycles. The van der Waals surface area contributed by atoms with Crippen LogP contribution in [-0.4, -0.2) is 21.3 Å². The molecule has 0 fully saturated rings. The molecule has 2 aromatic rings. The highest BCUT2D eigenvalue weighted by atomic mass is 127. The molecule has 2 rings (SSSR count). The Kier molecular flexibility index (Phi) is 5.97. The van der Waals surface area contributed by atoms with Crippen molar-refractivity contribution < 1.29 is 0 Å². The number of halogens is 1. The Balaban J connectivity index is 2.16. The lowest BCUT2D eigenvalue weighted by Crippen LogP contribution is -2.24. The summed E-state index contributed by atoms with van der Waals surface area (Å²) in [5.41, 5.74) is 1.30. The molecule has 1 aromatic carbocycles. The van der Waals surface area contributed by atoms with Crippen LogP contribution in [-0.2, 0) is 13.0 Å². The number of nitrogens with zero attached hydrogens (tertiary/aromatic N) is 3. The maximum Gasteiger partial charge on any atom is 0.138 e. The molecule has 0 bridgehead atoms. The van der Waals surface area contributed by atoms with Crippen LogP contribution >= 0.6 is 22.6 Å². The quantitative estimate of drug-likeness (QED) is 0.746. The van der Waals surface area contributed by atoms with Gasteiger partial charge < -0.3 is 5.32 Å². The number of aromatic nitrogens is 3. The Labute approximate surface area is 134 Å². The number of rotatable bonds is 7. The minimum absolute atomic E-state index is 0.289. The van der Waals surface area contributed by atoms with Gasteiger partial charge in [-0.1, -0.05) is 26.0 Å². The van der Waals surface area contributed by atoms with Crippen molar-refractivity contribution in [1.29, 1.82) is 0 Å². The van der Waals surface area contributed by atoms with Crippen LogP contribution in [0.4, 0.5) is 0 Å². The topological polar surface area (TPSA) is 42.7 Å². The average Bonchev–Trinajstić information content (AvgIpc) is 2.87. The Morgan fingerprint density at radius 3 is 2.65 bits per heavy atom. The van der Waals surface area contributed by atoms with E-state index in [4.69, 9.17) is 0 Å². The first-order valence-electron chi connectivity index (χ1n) is 7.10. The molecule has 0 saturated carbocycles. The molecule has 1 unspecified atom stereocenters. The Morgan fingerprint density at radius 2 is 2.00 bits per heavy atom. The molecule has 5 heteroatoms. The fourth-order valence-electron chi connectivity index (χ4n) is 2.28. The van der Waals surface area contributed by atoms with Gasteiger partial charge in [-0.2, -0.15) is 5.10 Å². The number of likely N-dealkylation sites (N-methyl/N-ethyl adjacent to an activating group) is 1. The van der Waals surface area contributed by atoms with Crippen LogP contribution in [0, 0.1) is 3.57 Å². The highest BCUT2D eigenvalue weighted by Gasteiger charge is 2.14. The van der Waals surface area contributed by atoms with Crippen molar-refractivity contribution in [2.45, 2.75) is 39.3 Å². The van der Waals surface area contributed by atoms with Crippen LogP contribution < -0.4 is 5.32 Å². The molecule has 0 aliphatic rings. The van der Waals surface area contributed by atoms with Crippen LogP contribution in [0.25, 0.3) is 0 Å². The summed E-state index contributed by atoms with van der Waals surface area (Å²) in [4.78, 5) is 4.41. The van der Waals surface area contributed by atoms with Crippen LogP contribution in [0.1, 0.15) is 37.7 Å². The van der Waals surface area contributed by atoms with Crippen molar-refractivity contribution >= 4 is 22.6 Å². The minimum Gasteiger partial charge on any atom is -0.310 e. The second-order valence-corrected chi connectivity index (χ2v) is 6.01. The maximum absolute atomic E-state index is 4.41. The lowest BCUT2D eigenvalue weighted by atomic mass is 10.0. The molecule has 0 saturated heterocycles. The van der Waals surface area contributed by atoms with Gasteiger partial charge in [-0.3, -0.25) is 4.68 Å². The second kappa shape index (κ2) is 7.73. The lowest BCUT2D eigenvalue weighted by molar-refractivity contribution is 0.498. The third-order valence-electron chi connectivity index (χ3n) is 3.24. The molecule has 1 heterocycles. The number of aryl methyl sites for hydroxylation is 1. The van der Waals surface area contributed by atoms with Crippen LogP contribution in [0.3, 0.4) is 0 Å². The molecular formula is C15H21IN4. The van der Waals surface area contributed by atoms with Gasteiger partial charge in [0.1, 0.15) is 12.2 Å². The van der Waals surface area contributed by atoms with E-state index in [2.05, 4.69) is 76.1 Å². The van der Waals surface area contributed by atoms with Gasteiger partial charge in [0.05, 0.1) is 0 Å². The van der Waals surface area contributed by atoms with Crippen LogP contribution in [0.2, 0.25) is 0 Å². The number of hydrogen-bond donors (Lipinski definition) is 1. The summed E-state index contributed by atoms with van der Waals surface area (Å²) in [6.07, 6.45) is 3.60. The smallest absolute Gasteiger partial charge is 0.138 e. The van der Waals surface area contributed by atoms with Crippen molar-refractivity contribution in [3.8, 4) is 0 Å². The first-order chi connectivity index (χ1) is 9.74. The van der Waals surface area contributed by atoms with Gasteiger partial charge in [0.2, 0.25) is 0 Å². The van der Waals surface area contributed by atoms with E-state index in [1.54, 1.807) is 6.33 Å². The normalized spacial score (nSPS) is 12.6. The first-order valence-corrected chi connectivity index (χ1v) is 8.18. The molecule has 0 spiro atoms. The summed E-state index contributed by atoms with van der Waals surface area (Å²) >= 11 is 2.33. The average molecular weight is 384 g/mol. The Bertz CT molecular complexity index is 521. The minimum atomic E-state index is 0.289. The third-order valence-corrected chi connectivity index (χ3v) is 3.96. The van der Waals surface area contributed by atoms with E-state index in [0.29, 0.717) is 0 Å². The zero-order chi connectivity index (χ0) is 14.4. The highest BCUT2D eigenvalue weighted by Crippen LogP contribution is 2.19. The zero-order valence-corrected chi connectivity index (χ0v) is 14.2. The van der Waals surface area contributed by atoms with E-state index >= 15 is 0 Å². The van der Waals surface area contributed by atoms with Gasteiger partial charge in [0, 0.05) is 22.6 Å². The molecule has 1 aromatic heterocycles. The standard InChI is InChI=1S/C15H21IN4/c1-3-9-20-15(18-11-19-20)10-14(17-4-2)12-5-7-13(16)8-6-12/h5-8,11,14,17H,3-4,9-10H2,1-2H3. The maximum atomic E-state index is 4.41. The fraction of sp³-hybridized carbons (Fsp3) is 0.467. The van der Waals surface area contributed by atoms with Gasteiger partial charge >= 0.3 is 0 Å². The summed E-state index contributed by atoms with van der Waals surface area (Å²) in [7, 11) is 0. The summed E-state index contributed by atoms with van der Waals surface area (Å²) in [6.45, 7) is 6.17. The molecular weight excluding hydrogens is 363 g/mol. The molecule has 108 valence electrons. The monoisotopic (exact) mass is 384 g/mol. The van der Waals surface area contributed by atoms with Gasteiger partial charge in [-0.15, -0.1) is 0 Å². The predicted molar refractivity (Wildman–Crippen MR) is 89.6 cm³/mol. The first kappa shape index (κ1) is 15.4. The van der Waals surface area contributed by atoms with E-state index in [1.165, 1.54) is 9.13 Å². The Morgan fingerprint density at radius 1 is 1.25 bits per heavy atom. The number of hydrogen-bond acceptors (Lipinski definition) is 3. The fourth-order valence-corrected chi connectivity index (χ4v) is 2.64. The van der Waals surface area contributed by atoms with Crippen molar-refractivity contribution in [3.63, 3.8) is 0 Å². The van der Waals surface area contributed by atoms with Crippen molar-refractivity contribution in [2.75, 3.05) is 6.54 Å². The molecule has 4 nitrogen and oxygen atoms in total. The lowest BCUT2D eigenvalue weighted by Gasteiger charge is -2.18. The molecule has 0 radical (unpaired) electrons. The van der Waals surface area contributed by atoms with E-state index in [0.717, 1.165) is 31.8 Å².